The Morgan fingerprint density at radius 1 is 1.73 bits per heavy atom. The number of hydrogen-bond acceptors (Lipinski definition) is 2. The highest BCUT2D eigenvalue weighted by Crippen LogP contribution is 2.14. The van der Waals surface area contributed by atoms with Gasteiger partial charge in [-0.2, -0.15) is 0 Å². The van der Waals surface area contributed by atoms with Gasteiger partial charge in [0.05, 0.1) is 0 Å². The van der Waals surface area contributed by atoms with Crippen LogP contribution in [0, 0.1) is 5.92 Å². The Morgan fingerprint density at radius 2 is 2.45 bits per heavy atom. The average Bonchev–Trinajstić information content (AvgIpc) is 2.03. The monoisotopic (exact) mass is 155 g/mol. The third-order valence-corrected chi connectivity index (χ3v) is 2.05. The van der Waals surface area contributed by atoms with Gasteiger partial charge in [-0.15, -0.1) is 0 Å². The lowest BCUT2D eigenvalue weighted by atomic mass is 9.92. The molecule has 1 rings (SSSR count). The van der Waals surface area contributed by atoms with Crippen molar-refractivity contribution in [1.29, 1.82) is 0 Å². The summed E-state index contributed by atoms with van der Waals surface area (Å²) in [4.78, 5) is 22.0. The molecular weight excluding hydrogens is 142 g/mol. The molecule has 1 fully saturated rings. The Bertz CT molecular complexity index is 177. The van der Waals surface area contributed by atoms with Crippen molar-refractivity contribution in [1.82, 2.24) is 5.32 Å². The Balaban J connectivity index is 2.45. The van der Waals surface area contributed by atoms with Crippen molar-refractivity contribution in [3.05, 3.63) is 0 Å². The summed E-state index contributed by atoms with van der Waals surface area (Å²) in [6.07, 6.45) is 1.77. The molecule has 0 aromatic carbocycles. The molecule has 0 saturated carbocycles. The second-order valence-electron chi connectivity index (χ2n) is 2.86. The van der Waals surface area contributed by atoms with Crippen LogP contribution in [0.1, 0.15) is 26.2 Å². The molecule has 0 unspecified atom stereocenters. The van der Waals surface area contributed by atoms with Crippen molar-refractivity contribution in [3.8, 4) is 0 Å². The molecule has 3 heteroatoms. The number of hydrogen-bond donors (Lipinski definition) is 1. The molecule has 1 N–H and O–H groups in total. The largest absolute Gasteiger partial charge is 0.356 e. The molecular formula is C8H13NO2. The van der Waals surface area contributed by atoms with Crippen molar-refractivity contribution in [2.75, 3.05) is 6.54 Å². The maximum atomic E-state index is 11.1. The number of carbonyl (C=O) groups is 2. The zero-order valence-electron chi connectivity index (χ0n) is 6.72. The lowest BCUT2D eigenvalue weighted by Crippen LogP contribution is -2.36. The Labute approximate surface area is 66.2 Å². The smallest absolute Gasteiger partial charge is 0.220 e. The van der Waals surface area contributed by atoms with E-state index in [1.807, 2.05) is 6.92 Å². The number of ketones is 1. The van der Waals surface area contributed by atoms with Gasteiger partial charge in [-0.05, 0) is 6.42 Å². The number of amides is 1. The average molecular weight is 155 g/mol. The fourth-order valence-electron chi connectivity index (χ4n) is 1.35. The van der Waals surface area contributed by atoms with E-state index in [0.717, 1.165) is 6.42 Å². The number of carbonyl (C=O) groups excluding carboxylic acids is 2. The van der Waals surface area contributed by atoms with Crippen molar-refractivity contribution in [2.24, 2.45) is 5.92 Å². The van der Waals surface area contributed by atoms with Crippen LogP contribution in [0.15, 0.2) is 0 Å². The molecule has 1 amide bonds. The molecule has 0 radical (unpaired) electrons. The van der Waals surface area contributed by atoms with Crippen LogP contribution in [0.2, 0.25) is 0 Å². The van der Waals surface area contributed by atoms with Gasteiger partial charge in [0.25, 0.3) is 0 Å². The standard InChI is InChI=1S/C8H13NO2/c1-2-7(10)6-3-4-9-8(11)5-6/h6H,2-5H2,1H3,(H,9,11)/t6-/m0/s1. The number of piperidine rings is 1. The second kappa shape index (κ2) is 3.51. The molecule has 0 spiro atoms. The maximum Gasteiger partial charge on any atom is 0.220 e. The third kappa shape index (κ3) is 2.03. The van der Waals surface area contributed by atoms with Crippen LogP contribution in [0.4, 0.5) is 0 Å². The van der Waals surface area contributed by atoms with Crippen LogP contribution >= 0.6 is 0 Å². The number of nitrogens with one attached hydrogen (secondary N) is 1. The van der Waals surface area contributed by atoms with E-state index >= 15 is 0 Å². The van der Waals surface area contributed by atoms with Crippen molar-refractivity contribution in [2.45, 2.75) is 26.2 Å². The fourth-order valence-corrected chi connectivity index (χ4v) is 1.35. The van der Waals surface area contributed by atoms with Crippen LogP contribution in [-0.4, -0.2) is 18.2 Å². The van der Waals surface area contributed by atoms with E-state index in [4.69, 9.17) is 0 Å². The lowest BCUT2D eigenvalue weighted by molar-refractivity contribution is -0.130. The van der Waals surface area contributed by atoms with Crippen molar-refractivity contribution < 1.29 is 9.59 Å². The Morgan fingerprint density at radius 3 is 3.00 bits per heavy atom. The highest BCUT2D eigenvalue weighted by atomic mass is 16.2. The molecule has 1 saturated heterocycles. The van der Waals surface area contributed by atoms with E-state index in [0.29, 0.717) is 19.4 Å². The summed E-state index contributed by atoms with van der Waals surface area (Å²) >= 11 is 0. The quantitative estimate of drug-likeness (QED) is 0.631. The van der Waals surface area contributed by atoms with Crippen LogP contribution < -0.4 is 5.32 Å². The molecule has 0 aromatic rings. The van der Waals surface area contributed by atoms with Crippen LogP contribution in [0.5, 0.6) is 0 Å². The van der Waals surface area contributed by atoms with Gasteiger partial charge in [0.1, 0.15) is 5.78 Å². The van der Waals surface area contributed by atoms with Gasteiger partial charge in [0.2, 0.25) is 5.91 Å². The zero-order chi connectivity index (χ0) is 8.27. The van der Waals surface area contributed by atoms with Gasteiger partial charge in [0.15, 0.2) is 0 Å². The zero-order valence-corrected chi connectivity index (χ0v) is 6.72. The SMILES string of the molecule is CCC(=O)[C@H]1CCNC(=O)C1. The molecule has 3 nitrogen and oxygen atoms in total. The van der Waals surface area contributed by atoms with E-state index in [-0.39, 0.29) is 17.6 Å². The normalized spacial score (nSPS) is 24.5. The first-order chi connectivity index (χ1) is 5.24. The summed E-state index contributed by atoms with van der Waals surface area (Å²) in [5.41, 5.74) is 0. The van der Waals surface area contributed by atoms with Crippen LogP contribution in [0.25, 0.3) is 0 Å². The van der Waals surface area contributed by atoms with Gasteiger partial charge in [-0.25, -0.2) is 0 Å². The second-order valence-corrected chi connectivity index (χ2v) is 2.86. The summed E-state index contributed by atoms with van der Waals surface area (Å²) < 4.78 is 0. The van der Waals surface area contributed by atoms with Gasteiger partial charge in [-0.3, -0.25) is 9.59 Å². The van der Waals surface area contributed by atoms with Crippen LogP contribution in [-0.2, 0) is 9.59 Å². The molecule has 62 valence electrons. The molecule has 1 aliphatic heterocycles. The summed E-state index contributed by atoms with van der Waals surface area (Å²) in [6.45, 7) is 2.50. The summed E-state index contributed by atoms with van der Waals surface area (Å²) in [7, 11) is 0. The van der Waals surface area contributed by atoms with E-state index < -0.39 is 0 Å². The van der Waals surface area contributed by atoms with E-state index in [2.05, 4.69) is 5.32 Å². The van der Waals surface area contributed by atoms with E-state index in [9.17, 15) is 9.59 Å². The van der Waals surface area contributed by atoms with Crippen molar-refractivity contribution >= 4 is 11.7 Å². The topological polar surface area (TPSA) is 46.2 Å². The van der Waals surface area contributed by atoms with Gasteiger partial charge >= 0.3 is 0 Å². The summed E-state index contributed by atoms with van der Waals surface area (Å²) in [5, 5.41) is 2.70. The van der Waals surface area contributed by atoms with Gasteiger partial charge < -0.3 is 5.32 Å². The summed E-state index contributed by atoms with van der Waals surface area (Å²) in [5.74, 6) is 0.233. The number of Topliss-reactive ketones (excluding diaryl/α,β-unsaturated/α-hetero) is 1. The minimum Gasteiger partial charge on any atom is -0.356 e. The minimum atomic E-state index is -0.00579. The molecule has 11 heavy (non-hydrogen) atoms. The maximum absolute atomic E-state index is 11.1. The van der Waals surface area contributed by atoms with Crippen LogP contribution in [0.3, 0.4) is 0 Å². The number of rotatable bonds is 2. The molecule has 1 aliphatic rings. The van der Waals surface area contributed by atoms with E-state index in [1.54, 1.807) is 0 Å². The first kappa shape index (κ1) is 8.24. The molecule has 0 bridgehead atoms. The molecule has 0 aromatic heterocycles. The lowest BCUT2D eigenvalue weighted by Gasteiger charge is -2.19. The fraction of sp³-hybridized carbons (Fsp3) is 0.750. The van der Waals surface area contributed by atoms with Crippen molar-refractivity contribution in [3.63, 3.8) is 0 Å². The van der Waals surface area contributed by atoms with Gasteiger partial charge in [0, 0.05) is 25.3 Å². The highest BCUT2D eigenvalue weighted by Gasteiger charge is 2.23. The molecule has 1 heterocycles. The predicted octanol–water partition coefficient (Wildman–Crippen LogP) is 0.492. The first-order valence-corrected chi connectivity index (χ1v) is 4.03. The first-order valence-electron chi connectivity index (χ1n) is 4.03. The third-order valence-electron chi connectivity index (χ3n) is 2.05. The summed E-state index contributed by atoms with van der Waals surface area (Å²) in [6, 6.07) is 0. The highest BCUT2D eigenvalue weighted by molar-refractivity contribution is 5.87. The Kier molecular flexibility index (Phi) is 2.63. The minimum absolute atomic E-state index is 0.00579. The molecule has 1 atom stereocenters. The predicted molar refractivity (Wildman–Crippen MR) is 41.0 cm³/mol. The van der Waals surface area contributed by atoms with Gasteiger partial charge in [-0.1, -0.05) is 6.92 Å². The van der Waals surface area contributed by atoms with E-state index in [1.165, 1.54) is 0 Å². The molecule has 0 aliphatic carbocycles. The Hall–Kier alpha value is -0.860.